The van der Waals surface area contributed by atoms with Gasteiger partial charge in [-0.15, -0.1) is 0 Å². The van der Waals surface area contributed by atoms with Crippen molar-refractivity contribution in [2.24, 2.45) is 0 Å². The molecule has 0 aliphatic heterocycles. The smallest absolute Gasteiger partial charge is 0.224 e. The van der Waals surface area contributed by atoms with Crippen molar-refractivity contribution in [3.05, 3.63) is 100 Å². The summed E-state index contributed by atoms with van der Waals surface area (Å²) in [4.78, 5) is 17.2. The topological polar surface area (TPSA) is 46.9 Å². The molecule has 176 valence electrons. The fraction of sp³-hybridized carbons (Fsp3) is 0.310. The van der Waals surface area contributed by atoms with E-state index in [0.717, 1.165) is 48.2 Å². The van der Waals surface area contributed by atoms with Gasteiger partial charge in [-0.1, -0.05) is 74.0 Å². The van der Waals surface area contributed by atoms with Crippen LogP contribution in [0.1, 0.15) is 55.1 Å². The van der Waals surface area contributed by atoms with E-state index < -0.39 is 0 Å². The van der Waals surface area contributed by atoms with Crippen LogP contribution in [0.5, 0.6) is 0 Å². The molecule has 1 amide bonds. The number of aromatic nitrogens is 2. The van der Waals surface area contributed by atoms with Crippen LogP contribution in [0.25, 0.3) is 11.0 Å². The van der Waals surface area contributed by atoms with Gasteiger partial charge >= 0.3 is 0 Å². The van der Waals surface area contributed by atoms with Crippen molar-refractivity contribution in [2.75, 3.05) is 6.54 Å². The van der Waals surface area contributed by atoms with Gasteiger partial charge in [0.25, 0.3) is 0 Å². The number of halogens is 1. The van der Waals surface area contributed by atoms with Crippen LogP contribution >= 0.6 is 11.6 Å². The van der Waals surface area contributed by atoms with Crippen LogP contribution in [0.3, 0.4) is 0 Å². The summed E-state index contributed by atoms with van der Waals surface area (Å²) >= 11 is 5.92. The second-order valence-corrected chi connectivity index (χ2v) is 9.35. The van der Waals surface area contributed by atoms with Gasteiger partial charge in [-0.3, -0.25) is 4.79 Å². The first kappa shape index (κ1) is 24.0. The van der Waals surface area contributed by atoms with Gasteiger partial charge in [-0.05, 0) is 59.7 Å². The Morgan fingerprint density at radius 2 is 1.71 bits per heavy atom. The van der Waals surface area contributed by atoms with E-state index in [-0.39, 0.29) is 5.91 Å². The third-order valence-corrected chi connectivity index (χ3v) is 6.66. The number of nitrogens with zero attached hydrogens (tertiary/aromatic N) is 2. The molecule has 0 bridgehead atoms. The van der Waals surface area contributed by atoms with Gasteiger partial charge in [-0.2, -0.15) is 0 Å². The van der Waals surface area contributed by atoms with Crippen molar-refractivity contribution in [3.63, 3.8) is 0 Å². The second-order valence-electron chi connectivity index (χ2n) is 8.91. The number of para-hydroxylation sites is 2. The van der Waals surface area contributed by atoms with E-state index in [4.69, 9.17) is 16.6 Å². The van der Waals surface area contributed by atoms with Gasteiger partial charge < -0.3 is 9.88 Å². The number of hydrogen-bond acceptors (Lipinski definition) is 2. The van der Waals surface area contributed by atoms with Crippen LogP contribution in [-0.2, 0) is 24.2 Å². The fourth-order valence-corrected chi connectivity index (χ4v) is 4.31. The Hall–Kier alpha value is -3.11. The minimum Gasteiger partial charge on any atom is -0.356 e. The van der Waals surface area contributed by atoms with Gasteiger partial charge in [0.05, 0.1) is 17.5 Å². The van der Waals surface area contributed by atoms with Crippen LogP contribution < -0.4 is 5.32 Å². The average Bonchev–Trinajstić information content (AvgIpc) is 3.20. The summed E-state index contributed by atoms with van der Waals surface area (Å²) in [5.41, 5.74) is 5.78. The molecule has 34 heavy (non-hydrogen) atoms. The number of hydrogen-bond donors (Lipinski definition) is 1. The van der Waals surface area contributed by atoms with Crippen molar-refractivity contribution in [1.82, 2.24) is 14.9 Å². The highest BCUT2D eigenvalue weighted by Crippen LogP contribution is 2.22. The quantitative estimate of drug-likeness (QED) is 0.266. The molecule has 5 heteroatoms. The number of nitrogens with one attached hydrogen (secondary N) is 1. The minimum absolute atomic E-state index is 0.0252. The summed E-state index contributed by atoms with van der Waals surface area (Å²) in [6.07, 6.45) is 3.15. The summed E-state index contributed by atoms with van der Waals surface area (Å²) in [6.45, 7) is 5.91. The highest BCUT2D eigenvalue weighted by molar-refractivity contribution is 6.30. The molecule has 3 aromatic carbocycles. The molecule has 4 rings (SSSR count). The Bertz CT molecular complexity index is 1230. The van der Waals surface area contributed by atoms with Crippen molar-refractivity contribution in [2.45, 2.75) is 52.0 Å². The zero-order valence-electron chi connectivity index (χ0n) is 19.9. The predicted octanol–water partition coefficient (Wildman–Crippen LogP) is 6.54. The predicted molar refractivity (Wildman–Crippen MR) is 140 cm³/mol. The Morgan fingerprint density at radius 1 is 1.00 bits per heavy atom. The summed E-state index contributed by atoms with van der Waals surface area (Å²) < 4.78 is 2.31. The molecule has 1 unspecified atom stereocenters. The largest absolute Gasteiger partial charge is 0.356 e. The molecule has 1 aromatic heterocycles. The molecule has 0 radical (unpaired) electrons. The first-order valence-corrected chi connectivity index (χ1v) is 12.5. The van der Waals surface area contributed by atoms with Gasteiger partial charge in [0.2, 0.25) is 5.91 Å². The maximum atomic E-state index is 12.3. The van der Waals surface area contributed by atoms with E-state index in [1.165, 1.54) is 11.1 Å². The second kappa shape index (κ2) is 11.3. The summed E-state index contributed by atoms with van der Waals surface area (Å²) in [7, 11) is 0. The lowest BCUT2D eigenvalue weighted by atomic mass is 9.97. The summed E-state index contributed by atoms with van der Waals surface area (Å²) in [5, 5.41) is 3.71. The van der Waals surface area contributed by atoms with Crippen LogP contribution in [0, 0.1) is 0 Å². The number of imidazole rings is 1. The Morgan fingerprint density at radius 3 is 2.44 bits per heavy atom. The van der Waals surface area contributed by atoms with Crippen molar-refractivity contribution < 1.29 is 4.79 Å². The fourth-order valence-electron chi connectivity index (χ4n) is 4.19. The van der Waals surface area contributed by atoms with Gasteiger partial charge in [0.1, 0.15) is 5.82 Å². The molecular formula is C29H32ClN3O. The van der Waals surface area contributed by atoms with Crippen LogP contribution in [0.4, 0.5) is 0 Å². The van der Waals surface area contributed by atoms with E-state index >= 15 is 0 Å². The van der Waals surface area contributed by atoms with E-state index in [0.29, 0.717) is 23.9 Å². The lowest BCUT2D eigenvalue weighted by Gasteiger charge is -2.12. The maximum absolute atomic E-state index is 12.3. The van der Waals surface area contributed by atoms with Gasteiger partial charge in [0.15, 0.2) is 0 Å². The van der Waals surface area contributed by atoms with E-state index in [1.807, 2.05) is 30.3 Å². The molecule has 0 aliphatic rings. The average molecular weight is 474 g/mol. The van der Waals surface area contributed by atoms with Crippen LogP contribution in [0.2, 0.25) is 5.02 Å². The SMILES string of the molecule is CCC(C)c1ccc(Cn2c(CCCNC(=O)Cc3ccc(Cl)cc3)nc3ccccc32)cc1. The summed E-state index contributed by atoms with van der Waals surface area (Å²) in [5.74, 6) is 1.66. The molecule has 0 spiro atoms. The van der Waals surface area contributed by atoms with Gasteiger partial charge in [0, 0.05) is 24.5 Å². The number of aryl methyl sites for hydroxylation is 1. The number of rotatable bonds is 10. The highest BCUT2D eigenvalue weighted by Gasteiger charge is 2.12. The third kappa shape index (κ3) is 6.06. The number of amides is 1. The number of benzene rings is 3. The summed E-state index contributed by atoms with van der Waals surface area (Å²) in [6, 6.07) is 24.7. The third-order valence-electron chi connectivity index (χ3n) is 6.41. The highest BCUT2D eigenvalue weighted by atomic mass is 35.5. The Balaban J connectivity index is 1.39. The van der Waals surface area contributed by atoms with E-state index in [1.54, 1.807) is 0 Å². The van der Waals surface area contributed by atoms with Crippen LogP contribution in [-0.4, -0.2) is 22.0 Å². The van der Waals surface area contributed by atoms with Gasteiger partial charge in [-0.25, -0.2) is 4.98 Å². The lowest BCUT2D eigenvalue weighted by Crippen LogP contribution is -2.26. The zero-order valence-corrected chi connectivity index (χ0v) is 20.7. The van der Waals surface area contributed by atoms with Crippen LogP contribution in [0.15, 0.2) is 72.8 Å². The van der Waals surface area contributed by atoms with Crippen molar-refractivity contribution in [3.8, 4) is 0 Å². The standard InChI is InChI=1S/C29H32ClN3O/c1-3-21(2)24-14-10-23(11-15-24)20-33-27-8-5-4-7-26(27)32-28(33)9-6-18-31-29(34)19-22-12-16-25(30)17-13-22/h4-5,7-8,10-17,21H,3,6,9,18-20H2,1-2H3,(H,31,34). The minimum atomic E-state index is 0.0252. The lowest BCUT2D eigenvalue weighted by molar-refractivity contribution is -0.120. The van der Waals surface area contributed by atoms with Crippen molar-refractivity contribution >= 4 is 28.5 Å². The molecule has 4 aromatic rings. The maximum Gasteiger partial charge on any atom is 0.224 e. The number of fused-ring (bicyclic) bond motifs is 1. The molecule has 0 saturated carbocycles. The molecule has 1 heterocycles. The molecule has 0 aliphatic carbocycles. The molecular weight excluding hydrogens is 442 g/mol. The first-order chi connectivity index (χ1) is 16.5. The van der Waals surface area contributed by atoms with E-state index in [9.17, 15) is 4.79 Å². The normalized spacial score (nSPS) is 12.1. The molecule has 0 fully saturated rings. The zero-order chi connectivity index (χ0) is 23.9. The molecule has 4 nitrogen and oxygen atoms in total. The monoisotopic (exact) mass is 473 g/mol. The number of carbonyl (C=O) groups excluding carboxylic acids is 1. The molecule has 0 saturated heterocycles. The Labute approximate surface area is 207 Å². The number of carbonyl (C=O) groups is 1. The molecule has 1 atom stereocenters. The Kier molecular flexibility index (Phi) is 8.02. The molecule has 1 N–H and O–H groups in total. The van der Waals surface area contributed by atoms with Crippen molar-refractivity contribution in [1.29, 1.82) is 0 Å². The van der Waals surface area contributed by atoms with E-state index in [2.05, 4.69) is 66.2 Å². The first-order valence-electron chi connectivity index (χ1n) is 12.1.